The van der Waals surface area contributed by atoms with E-state index in [-0.39, 0.29) is 6.04 Å². The van der Waals surface area contributed by atoms with Gasteiger partial charge in [0.05, 0.1) is 12.7 Å². The summed E-state index contributed by atoms with van der Waals surface area (Å²) < 4.78 is 5.53. The van der Waals surface area contributed by atoms with Crippen LogP contribution in [0.3, 0.4) is 0 Å². The van der Waals surface area contributed by atoms with Crippen LogP contribution in [0, 0.1) is 23.2 Å². The number of H-pyrrole nitrogens is 1. The summed E-state index contributed by atoms with van der Waals surface area (Å²) in [5.74, 6) is 4.44. The molecule has 0 unspecified atom stereocenters. The predicted octanol–water partition coefficient (Wildman–Crippen LogP) is 2.08. The van der Waals surface area contributed by atoms with E-state index in [1.54, 1.807) is 6.33 Å². The molecule has 0 aromatic carbocycles. The Morgan fingerprint density at radius 2 is 1.92 bits per heavy atom. The van der Waals surface area contributed by atoms with Crippen molar-refractivity contribution in [2.75, 3.05) is 0 Å². The lowest BCUT2D eigenvalue weighted by atomic mass is 9.49. The van der Waals surface area contributed by atoms with Crippen LogP contribution in [0.5, 0.6) is 0 Å². The standard InChI is InChI=1S/C18H25N5O/c19-15(4-14-9-20-10-21-14)17-22-16(23-24-17)8-18-5-11-1-12(6-18)3-13(2-11)7-18/h9-13,15H,1-8,19H2,(H,20,21)/p+1/t11?,12?,13?,15-,18?/m0/s1. The fraction of sp³-hybridized carbons (Fsp3) is 0.722. The Balaban J connectivity index is 1.29. The van der Waals surface area contributed by atoms with Crippen molar-refractivity contribution in [1.29, 1.82) is 0 Å². The SMILES string of the molecule is [NH3+][C@@H](Cc1cnc[nH]1)c1nc(CC23CC4CC(CC(C4)C2)C3)no1. The lowest BCUT2D eigenvalue weighted by molar-refractivity contribution is -0.431. The van der Waals surface area contributed by atoms with E-state index in [1.807, 2.05) is 6.20 Å². The van der Waals surface area contributed by atoms with Gasteiger partial charge in [0.2, 0.25) is 0 Å². The molecule has 0 amide bonds. The number of nitrogens with one attached hydrogen (secondary N) is 1. The monoisotopic (exact) mass is 328 g/mol. The van der Waals surface area contributed by atoms with E-state index >= 15 is 0 Å². The van der Waals surface area contributed by atoms with Gasteiger partial charge < -0.3 is 15.2 Å². The summed E-state index contributed by atoms with van der Waals surface area (Å²) in [7, 11) is 0. The van der Waals surface area contributed by atoms with Crippen molar-refractivity contribution in [2.24, 2.45) is 23.2 Å². The summed E-state index contributed by atoms with van der Waals surface area (Å²) in [6.45, 7) is 0. The number of rotatable bonds is 5. The molecule has 0 radical (unpaired) electrons. The van der Waals surface area contributed by atoms with E-state index in [2.05, 4.69) is 20.9 Å². The number of nitrogens with zero attached hydrogens (tertiary/aromatic N) is 3. The molecule has 4 aliphatic rings. The van der Waals surface area contributed by atoms with Crippen LogP contribution in [-0.2, 0) is 12.8 Å². The summed E-state index contributed by atoms with van der Waals surface area (Å²) in [6, 6.07) is -0.0249. The predicted molar refractivity (Wildman–Crippen MR) is 86.5 cm³/mol. The highest BCUT2D eigenvalue weighted by Crippen LogP contribution is 2.60. The van der Waals surface area contributed by atoms with Crippen molar-refractivity contribution in [2.45, 2.75) is 57.4 Å². The zero-order valence-corrected chi connectivity index (χ0v) is 14.1. The summed E-state index contributed by atoms with van der Waals surface area (Å²) in [5.41, 5.74) is 5.69. The Hall–Kier alpha value is -1.69. The second-order valence-electron chi connectivity index (χ2n) is 8.62. The Morgan fingerprint density at radius 1 is 1.21 bits per heavy atom. The average Bonchev–Trinajstić information content (AvgIpc) is 3.17. The third-order valence-electron chi connectivity index (χ3n) is 6.55. The third-order valence-corrected chi connectivity index (χ3v) is 6.55. The smallest absolute Gasteiger partial charge is 0.285 e. The summed E-state index contributed by atoms with van der Waals surface area (Å²) >= 11 is 0. The van der Waals surface area contributed by atoms with Crippen LogP contribution in [0.2, 0.25) is 0 Å². The normalized spacial score (nSPS) is 35.5. The molecule has 6 heteroatoms. The van der Waals surface area contributed by atoms with Gasteiger partial charge in [-0.05, 0) is 61.7 Å². The molecule has 4 bridgehead atoms. The number of hydrogen-bond acceptors (Lipinski definition) is 4. The van der Waals surface area contributed by atoms with Gasteiger partial charge in [0.15, 0.2) is 11.9 Å². The molecule has 4 fully saturated rings. The zero-order chi connectivity index (χ0) is 16.1. The molecule has 0 aliphatic heterocycles. The Labute approximate surface area is 141 Å². The molecular weight excluding hydrogens is 302 g/mol. The van der Waals surface area contributed by atoms with Crippen molar-refractivity contribution < 1.29 is 10.3 Å². The van der Waals surface area contributed by atoms with E-state index < -0.39 is 0 Å². The van der Waals surface area contributed by atoms with E-state index in [9.17, 15) is 0 Å². The Bertz CT molecular complexity index is 672. The van der Waals surface area contributed by atoms with Gasteiger partial charge >= 0.3 is 0 Å². The molecule has 4 N–H and O–H groups in total. The molecule has 4 saturated carbocycles. The minimum absolute atomic E-state index is 0.0249. The number of imidazole rings is 1. The molecular formula is C18H26N5O+. The lowest BCUT2D eigenvalue weighted by Crippen LogP contribution is -2.54. The number of aromatic amines is 1. The van der Waals surface area contributed by atoms with E-state index in [4.69, 9.17) is 9.51 Å². The van der Waals surface area contributed by atoms with Gasteiger partial charge in [-0.1, -0.05) is 5.16 Å². The van der Waals surface area contributed by atoms with Crippen LogP contribution in [0.4, 0.5) is 0 Å². The molecule has 2 heterocycles. The molecule has 6 rings (SSSR count). The lowest BCUT2D eigenvalue weighted by Gasteiger charge is -2.56. The van der Waals surface area contributed by atoms with Gasteiger partial charge in [0.1, 0.15) is 0 Å². The Kier molecular flexibility index (Phi) is 3.30. The maximum absolute atomic E-state index is 5.53. The van der Waals surface area contributed by atoms with Gasteiger partial charge in [-0.25, -0.2) is 4.98 Å². The fourth-order valence-corrected chi connectivity index (χ4v) is 6.10. The highest BCUT2D eigenvalue weighted by atomic mass is 16.5. The topological polar surface area (TPSA) is 95.2 Å². The quantitative estimate of drug-likeness (QED) is 0.878. The van der Waals surface area contributed by atoms with E-state index in [0.29, 0.717) is 11.3 Å². The minimum Gasteiger partial charge on any atom is -0.348 e. The first-order valence-corrected chi connectivity index (χ1v) is 9.30. The highest BCUT2D eigenvalue weighted by molar-refractivity contribution is 5.06. The largest absolute Gasteiger partial charge is 0.348 e. The van der Waals surface area contributed by atoms with E-state index in [1.165, 1.54) is 38.5 Å². The van der Waals surface area contributed by atoms with Crippen molar-refractivity contribution in [3.8, 4) is 0 Å². The first-order chi connectivity index (χ1) is 11.7. The number of quaternary nitrogens is 1. The highest BCUT2D eigenvalue weighted by Gasteiger charge is 2.51. The van der Waals surface area contributed by atoms with Gasteiger partial charge in [-0.3, -0.25) is 0 Å². The maximum atomic E-state index is 5.53. The molecule has 6 nitrogen and oxygen atoms in total. The average molecular weight is 328 g/mol. The molecule has 0 spiro atoms. The maximum Gasteiger partial charge on any atom is 0.285 e. The van der Waals surface area contributed by atoms with Gasteiger partial charge in [-0.2, -0.15) is 4.98 Å². The number of hydrogen-bond donors (Lipinski definition) is 2. The van der Waals surface area contributed by atoms with Crippen LogP contribution in [0.15, 0.2) is 17.0 Å². The van der Waals surface area contributed by atoms with Gasteiger partial charge in [-0.15, -0.1) is 0 Å². The molecule has 1 atom stereocenters. The van der Waals surface area contributed by atoms with Crippen molar-refractivity contribution in [3.63, 3.8) is 0 Å². The Morgan fingerprint density at radius 3 is 2.54 bits per heavy atom. The van der Waals surface area contributed by atoms with Gasteiger partial charge in [0.25, 0.3) is 5.89 Å². The van der Waals surface area contributed by atoms with Crippen molar-refractivity contribution in [3.05, 3.63) is 29.9 Å². The van der Waals surface area contributed by atoms with Crippen LogP contribution < -0.4 is 5.73 Å². The molecule has 0 saturated heterocycles. The molecule has 4 aliphatic carbocycles. The number of aromatic nitrogens is 4. The summed E-state index contributed by atoms with van der Waals surface area (Å²) in [6.07, 6.45) is 13.8. The van der Waals surface area contributed by atoms with Crippen LogP contribution >= 0.6 is 0 Å². The first-order valence-electron chi connectivity index (χ1n) is 9.30. The summed E-state index contributed by atoms with van der Waals surface area (Å²) in [4.78, 5) is 11.8. The van der Waals surface area contributed by atoms with Crippen molar-refractivity contribution >= 4 is 0 Å². The molecule has 2 aromatic rings. The molecule has 128 valence electrons. The zero-order valence-electron chi connectivity index (χ0n) is 14.1. The van der Waals surface area contributed by atoms with Crippen LogP contribution in [-0.4, -0.2) is 20.1 Å². The first kappa shape index (κ1) is 14.6. The fourth-order valence-electron chi connectivity index (χ4n) is 6.10. The van der Waals surface area contributed by atoms with Crippen molar-refractivity contribution in [1.82, 2.24) is 20.1 Å². The van der Waals surface area contributed by atoms with E-state index in [0.717, 1.165) is 42.1 Å². The second-order valence-corrected chi connectivity index (χ2v) is 8.62. The summed E-state index contributed by atoms with van der Waals surface area (Å²) in [5, 5.41) is 4.29. The molecule has 2 aromatic heterocycles. The second kappa shape index (κ2) is 5.41. The van der Waals surface area contributed by atoms with Crippen LogP contribution in [0.25, 0.3) is 0 Å². The van der Waals surface area contributed by atoms with Crippen LogP contribution in [0.1, 0.15) is 62.0 Å². The third kappa shape index (κ3) is 2.57. The molecule has 24 heavy (non-hydrogen) atoms. The minimum atomic E-state index is -0.0249. The van der Waals surface area contributed by atoms with Gasteiger partial charge in [0, 0.05) is 18.3 Å².